The van der Waals surface area contributed by atoms with Crippen LogP contribution in [0.4, 0.5) is 0 Å². The molecule has 0 aliphatic carbocycles. The smallest absolute Gasteiger partial charge is 0.0552 e. The molecule has 2 rings (SSSR count). The van der Waals surface area contributed by atoms with Gasteiger partial charge in [-0.2, -0.15) is 0 Å². The number of benzene rings is 2. The topological polar surface area (TPSA) is 26.0 Å². The van der Waals surface area contributed by atoms with Gasteiger partial charge in [-0.25, -0.2) is 0 Å². The Kier molecular flexibility index (Phi) is 3.51. The van der Waals surface area contributed by atoms with Gasteiger partial charge in [0, 0.05) is 5.02 Å². The lowest BCUT2D eigenvalue weighted by Crippen LogP contribution is -2.11. The van der Waals surface area contributed by atoms with Crippen molar-refractivity contribution in [1.82, 2.24) is 0 Å². The van der Waals surface area contributed by atoms with Crippen molar-refractivity contribution in [2.45, 2.75) is 19.9 Å². The van der Waals surface area contributed by atoms with Crippen LogP contribution in [0.5, 0.6) is 0 Å². The number of nitrogens with two attached hydrogens (primary N) is 1. The Hall–Kier alpha value is -1.31. The summed E-state index contributed by atoms with van der Waals surface area (Å²) in [7, 11) is 0. The molecule has 17 heavy (non-hydrogen) atoms. The van der Waals surface area contributed by atoms with Gasteiger partial charge >= 0.3 is 0 Å². The maximum Gasteiger partial charge on any atom is 0.0552 e. The van der Waals surface area contributed by atoms with Crippen LogP contribution >= 0.6 is 11.6 Å². The van der Waals surface area contributed by atoms with Gasteiger partial charge in [0.2, 0.25) is 0 Å². The fourth-order valence-corrected chi connectivity index (χ4v) is 1.96. The van der Waals surface area contributed by atoms with E-state index >= 15 is 0 Å². The molecule has 0 heterocycles. The van der Waals surface area contributed by atoms with Crippen molar-refractivity contribution < 1.29 is 0 Å². The molecule has 88 valence electrons. The largest absolute Gasteiger partial charge is 0.320 e. The Morgan fingerprint density at radius 2 is 1.53 bits per heavy atom. The van der Waals surface area contributed by atoms with Crippen LogP contribution in [0, 0.1) is 13.8 Å². The first kappa shape index (κ1) is 12.2. The number of halogens is 1. The summed E-state index contributed by atoms with van der Waals surface area (Å²) in [6, 6.07) is 14.1. The minimum absolute atomic E-state index is 0.117. The molecule has 0 spiro atoms. The third-order valence-corrected chi connectivity index (χ3v) is 3.40. The predicted molar refractivity (Wildman–Crippen MR) is 73.4 cm³/mol. The van der Waals surface area contributed by atoms with Gasteiger partial charge in [-0.3, -0.25) is 0 Å². The fourth-order valence-electron chi connectivity index (χ4n) is 1.77. The summed E-state index contributed by atoms with van der Waals surface area (Å²) in [5.41, 5.74) is 10.7. The Balaban J connectivity index is 2.33. The maximum absolute atomic E-state index is 6.23. The molecule has 0 saturated carbocycles. The van der Waals surface area contributed by atoms with E-state index in [0.29, 0.717) is 0 Å². The summed E-state index contributed by atoms with van der Waals surface area (Å²) in [4.78, 5) is 0. The van der Waals surface area contributed by atoms with E-state index in [2.05, 4.69) is 31.2 Å². The van der Waals surface area contributed by atoms with E-state index in [4.69, 9.17) is 17.3 Å². The van der Waals surface area contributed by atoms with Crippen molar-refractivity contribution in [3.63, 3.8) is 0 Å². The van der Waals surface area contributed by atoms with Crippen molar-refractivity contribution in [2.24, 2.45) is 5.73 Å². The molecule has 1 nitrogen and oxygen atoms in total. The molecule has 0 amide bonds. The summed E-state index contributed by atoms with van der Waals surface area (Å²) in [5, 5.41) is 0.769. The SMILES string of the molecule is Cc1ccc(C(N)c2ccc(C)c(Cl)c2)cc1. The lowest BCUT2D eigenvalue weighted by Gasteiger charge is -2.14. The van der Waals surface area contributed by atoms with Gasteiger partial charge in [0.1, 0.15) is 0 Å². The molecular weight excluding hydrogens is 230 g/mol. The molecule has 0 radical (unpaired) electrons. The maximum atomic E-state index is 6.23. The first-order valence-electron chi connectivity index (χ1n) is 5.66. The van der Waals surface area contributed by atoms with E-state index in [-0.39, 0.29) is 6.04 Å². The zero-order valence-corrected chi connectivity index (χ0v) is 10.8. The van der Waals surface area contributed by atoms with Gasteiger partial charge in [0.15, 0.2) is 0 Å². The summed E-state index contributed by atoms with van der Waals surface area (Å²) in [5.74, 6) is 0. The first-order chi connectivity index (χ1) is 8.08. The molecule has 1 unspecified atom stereocenters. The molecule has 0 aliphatic rings. The molecule has 1 atom stereocenters. The molecule has 0 aliphatic heterocycles. The highest BCUT2D eigenvalue weighted by molar-refractivity contribution is 6.31. The van der Waals surface area contributed by atoms with Crippen LogP contribution in [0.1, 0.15) is 28.3 Å². The molecule has 0 saturated heterocycles. The van der Waals surface area contributed by atoms with Crippen molar-refractivity contribution >= 4 is 11.6 Å². The molecule has 0 bridgehead atoms. The van der Waals surface area contributed by atoms with Crippen molar-refractivity contribution in [1.29, 1.82) is 0 Å². The van der Waals surface area contributed by atoms with E-state index < -0.39 is 0 Å². The molecular formula is C15H16ClN. The third kappa shape index (κ3) is 2.68. The zero-order valence-electron chi connectivity index (χ0n) is 10.1. The molecule has 0 fully saturated rings. The van der Waals surface area contributed by atoms with Crippen molar-refractivity contribution in [3.8, 4) is 0 Å². The normalized spacial score (nSPS) is 12.5. The Labute approximate surface area is 107 Å². The average Bonchev–Trinajstić information content (AvgIpc) is 2.33. The summed E-state index contributed by atoms with van der Waals surface area (Å²) < 4.78 is 0. The lowest BCUT2D eigenvalue weighted by molar-refractivity contribution is 0.870. The van der Waals surface area contributed by atoms with Gasteiger partial charge in [-0.05, 0) is 36.6 Å². The molecule has 2 heteroatoms. The van der Waals surface area contributed by atoms with Crippen LogP contribution in [0.15, 0.2) is 42.5 Å². The predicted octanol–water partition coefficient (Wildman–Crippen LogP) is 4.00. The van der Waals surface area contributed by atoms with Crippen LogP contribution in [-0.4, -0.2) is 0 Å². The van der Waals surface area contributed by atoms with Gasteiger partial charge < -0.3 is 5.73 Å². The lowest BCUT2D eigenvalue weighted by atomic mass is 9.98. The van der Waals surface area contributed by atoms with Gasteiger partial charge in [-0.15, -0.1) is 0 Å². The van der Waals surface area contributed by atoms with Crippen LogP contribution in [0.2, 0.25) is 5.02 Å². The number of rotatable bonds is 2. The number of hydrogen-bond acceptors (Lipinski definition) is 1. The fraction of sp³-hybridized carbons (Fsp3) is 0.200. The molecule has 2 N–H and O–H groups in total. The number of aryl methyl sites for hydroxylation is 2. The summed E-state index contributed by atoms with van der Waals surface area (Å²) in [6.45, 7) is 4.06. The molecule has 0 aromatic heterocycles. The third-order valence-electron chi connectivity index (χ3n) is 2.99. The van der Waals surface area contributed by atoms with Crippen LogP contribution in [0.25, 0.3) is 0 Å². The van der Waals surface area contributed by atoms with Crippen molar-refractivity contribution in [3.05, 3.63) is 69.7 Å². The minimum atomic E-state index is -0.117. The monoisotopic (exact) mass is 245 g/mol. The highest BCUT2D eigenvalue weighted by atomic mass is 35.5. The second-order valence-electron chi connectivity index (χ2n) is 4.40. The van der Waals surface area contributed by atoms with Gasteiger partial charge in [-0.1, -0.05) is 53.6 Å². The van der Waals surface area contributed by atoms with Gasteiger partial charge in [0.05, 0.1) is 6.04 Å². The Morgan fingerprint density at radius 3 is 2.12 bits per heavy atom. The summed E-state index contributed by atoms with van der Waals surface area (Å²) >= 11 is 6.12. The second kappa shape index (κ2) is 4.91. The van der Waals surface area contributed by atoms with Crippen molar-refractivity contribution in [2.75, 3.05) is 0 Å². The highest BCUT2D eigenvalue weighted by Gasteiger charge is 2.09. The quantitative estimate of drug-likeness (QED) is 0.850. The second-order valence-corrected chi connectivity index (χ2v) is 4.80. The van der Waals surface area contributed by atoms with Crippen LogP contribution in [0.3, 0.4) is 0 Å². The Morgan fingerprint density at radius 1 is 0.941 bits per heavy atom. The first-order valence-corrected chi connectivity index (χ1v) is 6.04. The summed E-state index contributed by atoms with van der Waals surface area (Å²) in [6.07, 6.45) is 0. The standard InChI is InChI=1S/C15H16ClN/c1-10-3-6-12(7-4-10)15(17)13-8-5-11(2)14(16)9-13/h3-9,15H,17H2,1-2H3. The minimum Gasteiger partial charge on any atom is -0.320 e. The average molecular weight is 246 g/mol. The molecule has 2 aromatic rings. The Bertz CT molecular complexity index is 517. The van der Waals surface area contributed by atoms with Crippen LogP contribution in [-0.2, 0) is 0 Å². The molecule has 2 aromatic carbocycles. The highest BCUT2D eigenvalue weighted by Crippen LogP contribution is 2.24. The van der Waals surface area contributed by atoms with Gasteiger partial charge in [0.25, 0.3) is 0 Å². The van der Waals surface area contributed by atoms with E-state index in [1.807, 2.05) is 25.1 Å². The van der Waals surface area contributed by atoms with E-state index in [9.17, 15) is 0 Å². The van der Waals surface area contributed by atoms with Crippen LogP contribution < -0.4 is 5.73 Å². The van der Waals surface area contributed by atoms with E-state index in [1.54, 1.807) is 0 Å². The number of hydrogen-bond donors (Lipinski definition) is 1. The van der Waals surface area contributed by atoms with E-state index in [1.165, 1.54) is 5.56 Å². The van der Waals surface area contributed by atoms with E-state index in [0.717, 1.165) is 21.7 Å². The zero-order chi connectivity index (χ0) is 12.4.